The lowest BCUT2D eigenvalue weighted by molar-refractivity contribution is 0.0583. The fraction of sp³-hybridized carbons (Fsp3) is 0.692. The Kier molecular flexibility index (Phi) is 4.75. The van der Waals surface area contributed by atoms with E-state index < -0.39 is 0 Å². The molecule has 100 valence electrons. The van der Waals surface area contributed by atoms with Crippen LogP contribution in [0.5, 0.6) is 0 Å². The first-order chi connectivity index (χ1) is 8.74. The minimum atomic E-state index is 0.319. The van der Waals surface area contributed by atoms with Crippen molar-refractivity contribution >= 4 is 11.8 Å². The van der Waals surface area contributed by atoms with Gasteiger partial charge in [-0.25, -0.2) is 4.98 Å². The molecule has 1 aromatic heterocycles. The molecule has 0 amide bonds. The van der Waals surface area contributed by atoms with Crippen molar-refractivity contribution < 1.29 is 4.74 Å². The van der Waals surface area contributed by atoms with E-state index in [9.17, 15) is 0 Å². The highest BCUT2D eigenvalue weighted by atomic mass is 16.5. The predicted molar refractivity (Wildman–Crippen MR) is 72.5 cm³/mol. The fourth-order valence-corrected chi connectivity index (χ4v) is 2.28. The largest absolute Gasteiger partial charge is 0.378 e. The van der Waals surface area contributed by atoms with Crippen molar-refractivity contribution in [2.24, 2.45) is 0 Å². The lowest BCUT2D eigenvalue weighted by Gasteiger charge is -2.11. The number of anilines is 2. The number of nitrogens with one attached hydrogen (secondary N) is 1. The number of nitrogens with two attached hydrogens (primary N) is 1. The highest BCUT2D eigenvalue weighted by Crippen LogP contribution is 2.20. The number of aryl methyl sites for hydroxylation is 1. The Bertz CT molecular complexity index is 357. The molecule has 1 aliphatic rings. The van der Waals surface area contributed by atoms with Gasteiger partial charge in [-0.1, -0.05) is 12.8 Å². The third-order valence-corrected chi connectivity index (χ3v) is 3.15. The molecule has 18 heavy (non-hydrogen) atoms. The van der Waals surface area contributed by atoms with Crippen LogP contribution in [0.3, 0.4) is 0 Å². The van der Waals surface area contributed by atoms with E-state index in [-0.39, 0.29) is 0 Å². The van der Waals surface area contributed by atoms with Crippen molar-refractivity contribution in [3.63, 3.8) is 0 Å². The van der Waals surface area contributed by atoms with Crippen LogP contribution in [0, 0.1) is 6.92 Å². The van der Waals surface area contributed by atoms with E-state index >= 15 is 0 Å². The van der Waals surface area contributed by atoms with Gasteiger partial charge in [0.15, 0.2) is 0 Å². The molecule has 0 unspecified atom stereocenters. The van der Waals surface area contributed by atoms with Gasteiger partial charge in [-0.2, -0.15) is 4.98 Å². The van der Waals surface area contributed by atoms with Gasteiger partial charge in [0, 0.05) is 24.9 Å². The van der Waals surface area contributed by atoms with E-state index in [1.165, 1.54) is 25.7 Å². The average Bonchev–Trinajstić information content (AvgIpc) is 2.80. The number of hydrogen-bond donors (Lipinski definition) is 2. The molecule has 0 radical (unpaired) electrons. The van der Waals surface area contributed by atoms with E-state index in [1.807, 2.05) is 13.0 Å². The van der Waals surface area contributed by atoms with Crippen LogP contribution in [-0.4, -0.2) is 29.2 Å². The molecule has 0 saturated heterocycles. The summed E-state index contributed by atoms with van der Waals surface area (Å²) < 4.78 is 5.79. The normalized spacial score (nSPS) is 16.1. The molecule has 2 rings (SSSR count). The summed E-state index contributed by atoms with van der Waals surface area (Å²) in [5, 5.41) is 3.24. The lowest BCUT2D eigenvalue weighted by Crippen LogP contribution is -2.12. The van der Waals surface area contributed by atoms with Crippen molar-refractivity contribution in [2.45, 2.75) is 45.1 Å². The minimum absolute atomic E-state index is 0.319. The Balaban J connectivity index is 1.62. The highest BCUT2D eigenvalue weighted by Gasteiger charge is 2.14. The van der Waals surface area contributed by atoms with Gasteiger partial charge in [0.2, 0.25) is 5.95 Å². The molecular weight excluding hydrogens is 228 g/mol. The first-order valence-electron chi connectivity index (χ1n) is 6.70. The van der Waals surface area contributed by atoms with Crippen LogP contribution >= 0.6 is 0 Å². The van der Waals surface area contributed by atoms with Crippen molar-refractivity contribution in [3.05, 3.63) is 11.8 Å². The molecule has 1 fully saturated rings. The molecule has 0 aromatic carbocycles. The standard InChI is InChI=1S/C13H22N4O/c1-10-9-12(17-13(14)16-10)15-7-4-8-18-11-5-2-3-6-11/h9,11H,2-8H2,1H3,(H3,14,15,16,17). The van der Waals surface area contributed by atoms with Crippen LogP contribution in [0.2, 0.25) is 0 Å². The van der Waals surface area contributed by atoms with E-state index in [0.29, 0.717) is 12.1 Å². The number of rotatable bonds is 6. The van der Waals surface area contributed by atoms with Crippen molar-refractivity contribution in [1.29, 1.82) is 0 Å². The summed E-state index contributed by atoms with van der Waals surface area (Å²) in [5.41, 5.74) is 6.47. The van der Waals surface area contributed by atoms with Gasteiger partial charge in [-0.3, -0.25) is 0 Å². The van der Waals surface area contributed by atoms with Crippen molar-refractivity contribution in [1.82, 2.24) is 9.97 Å². The summed E-state index contributed by atoms with van der Waals surface area (Å²) in [6.45, 7) is 3.58. The number of hydrogen-bond acceptors (Lipinski definition) is 5. The summed E-state index contributed by atoms with van der Waals surface area (Å²) in [6, 6.07) is 1.90. The minimum Gasteiger partial charge on any atom is -0.378 e. The van der Waals surface area contributed by atoms with Gasteiger partial charge >= 0.3 is 0 Å². The van der Waals surface area contributed by atoms with Crippen LogP contribution in [0.4, 0.5) is 11.8 Å². The molecule has 5 heteroatoms. The Morgan fingerprint density at radius 2 is 2.17 bits per heavy atom. The number of nitrogens with zero attached hydrogens (tertiary/aromatic N) is 2. The van der Waals surface area contributed by atoms with E-state index in [2.05, 4.69) is 15.3 Å². The van der Waals surface area contributed by atoms with Crippen molar-refractivity contribution in [3.8, 4) is 0 Å². The third kappa shape index (κ3) is 4.14. The second-order valence-electron chi connectivity index (χ2n) is 4.81. The maximum atomic E-state index is 5.79. The number of aromatic nitrogens is 2. The third-order valence-electron chi connectivity index (χ3n) is 3.15. The summed E-state index contributed by atoms with van der Waals surface area (Å²) in [5.74, 6) is 1.11. The van der Waals surface area contributed by atoms with Gasteiger partial charge in [0.05, 0.1) is 6.10 Å². The second kappa shape index (κ2) is 6.54. The average molecular weight is 250 g/mol. The van der Waals surface area contributed by atoms with Gasteiger partial charge in [-0.05, 0) is 26.2 Å². The highest BCUT2D eigenvalue weighted by molar-refractivity contribution is 5.39. The first-order valence-corrected chi connectivity index (χ1v) is 6.70. The topological polar surface area (TPSA) is 73.1 Å². The van der Waals surface area contributed by atoms with E-state index in [0.717, 1.165) is 31.1 Å². The van der Waals surface area contributed by atoms with Gasteiger partial charge < -0.3 is 15.8 Å². The Labute approximate surface area is 108 Å². The molecule has 1 aliphatic carbocycles. The van der Waals surface area contributed by atoms with Crippen LogP contribution < -0.4 is 11.1 Å². The molecule has 0 bridgehead atoms. The fourth-order valence-electron chi connectivity index (χ4n) is 2.28. The monoisotopic (exact) mass is 250 g/mol. The van der Waals surface area contributed by atoms with E-state index in [1.54, 1.807) is 0 Å². The van der Waals surface area contributed by atoms with Crippen LogP contribution in [0.25, 0.3) is 0 Å². The molecule has 0 aliphatic heterocycles. The van der Waals surface area contributed by atoms with Crippen molar-refractivity contribution in [2.75, 3.05) is 24.2 Å². The maximum absolute atomic E-state index is 5.79. The summed E-state index contributed by atoms with van der Waals surface area (Å²) in [7, 11) is 0. The zero-order chi connectivity index (χ0) is 12.8. The Hall–Kier alpha value is -1.36. The molecule has 0 atom stereocenters. The molecule has 1 aromatic rings. The molecule has 5 nitrogen and oxygen atoms in total. The van der Waals surface area contributed by atoms with E-state index in [4.69, 9.17) is 10.5 Å². The molecule has 0 spiro atoms. The quantitative estimate of drug-likeness (QED) is 0.757. The summed E-state index contributed by atoms with van der Waals surface area (Å²) in [4.78, 5) is 8.16. The SMILES string of the molecule is Cc1cc(NCCCOC2CCCC2)nc(N)n1. The zero-order valence-corrected chi connectivity index (χ0v) is 11.0. The van der Waals surface area contributed by atoms with Crippen LogP contribution in [-0.2, 0) is 4.74 Å². The molecule has 3 N–H and O–H groups in total. The molecule has 1 heterocycles. The zero-order valence-electron chi connectivity index (χ0n) is 11.0. The van der Waals surface area contributed by atoms with Crippen LogP contribution in [0.15, 0.2) is 6.07 Å². The lowest BCUT2D eigenvalue weighted by atomic mass is 10.3. The smallest absolute Gasteiger partial charge is 0.222 e. The summed E-state index contributed by atoms with van der Waals surface area (Å²) >= 11 is 0. The molecular formula is C13H22N4O. The summed E-state index contributed by atoms with van der Waals surface area (Å²) in [6.07, 6.45) is 6.59. The predicted octanol–water partition coefficient (Wildman–Crippen LogP) is 2.13. The Morgan fingerprint density at radius 3 is 2.89 bits per heavy atom. The number of ether oxygens (including phenoxy) is 1. The Morgan fingerprint density at radius 1 is 1.39 bits per heavy atom. The second-order valence-corrected chi connectivity index (χ2v) is 4.81. The van der Waals surface area contributed by atoms with Gasteiger partial charge in [-0.15, -0.1) is 0 Å². The molecule has 1 saturated carbocycles. The first kappa shape index (κ1) is 13.1. The maximum Gasteiger partial charge on any atom is 0.222 e. The number of nitrogen functional groups attached to an aromatic ring is 1. The van der Waals surface area contributed by atoms with Gasteiger partial charge in [0.1, 0.15) is 5.82 Å². The van der Waals surface area contributed by atoms with Crippen LogP contribution in [0.1, 0.15) is 37.8 Å². The van der Waals surface area contributed by atoms with Gasteiger partial charge in [0.25, 0.3) is 0 Å².